The van der Waals surface area contributed by atoms with Crippen LogP contribution in [-0.2, 0) is 4.79 Å². The number of carbonyl (C=O) groups is 2. The molecule has 1 heterocycles. The lowest BCUT2D eigenvalue weighted by Gasteiger charge is -2.36. The predicted octanol–water partition coefficient (Wildman–Crippen LogP) is 6.03. The molecule has 5 heteroatoms. The Morgan fingerprint density at radius 2 is 1.78 bits per heavy atom. The van der Waals surface area contributed by atoms with E-state index in [0.717, 1.165) is 67.2 Å². The van der Waals surface area contributed by atoms with Crippen LogP contribution >= 0.6 is 0 Å². The largest absolute Gasteiger partial charge is 0.349 e. The molecule has 2 amide bonds. The van der Waals surface area contributed by atoms with E-state index in [-0.39, 0.29) is 17.9 Å². The smallest absolute Gasteiger partial charge is 0.252 e. The zero-order valence-corrected chi connectivity index (χ0v) is 21.9. The summed E-state index contributed by atoms with van der Waals surface area (Å²) in [6.45, 7) is 0.649. The fourth-order valence-electron chi connectivity index (χ4n) is 7.19. The lowest BCUT2D eigenvalue weighted by atomic mass is 9.75. The van der Waals surface area contributed by atoms with Gasteiger partial charge >= 0.3 is 0 Å². The highest BCUT2D eigenvalue weighted by atomic mass is 16.2. The van der Waals surface area contributed by atoms with Gasteiger partial charge in [-0.1, -0.05) is 94.2 Å². The number of rotatable bonds is 8. The number of likely N-dealkylation sites (N-methyl/N-ethyl adjacent to an activating group) is 1. The van der Waals surface area contributed by atoms with Crippen molar-refractivity contribution in [3.8, 4) is 0 Å². The first kappa shape index (κ1) is 25.3. The number of nitrogens with zero attached hydrogens (tertiary/aromatic N) is 1. The lowest BCUT2D eigenvalue weighted by Crippen LogP contribution is -2.49. The van der Waals surface area contributed by atoms with E-state index in [1.54, 1.807) is 0 Å². The van der Waals surface area contributed by atoms with Crippen molar-refractivity contribution in [1.29, 1.82) is 0 Å². The van der Waals surface area contributed by atoms with Gasteiger partial charge in [0, 0.05) is 18.7 Å². The van der Waals surface area contributed by atoms with Crippen LogP contribution < -0.4 is 10.6 Å². The van der Waals surface area contributed by atoms with Crippen LogP contribution in [0.4, 0.5) is 0 Å². The Bertz CT molecular complexity index is 1060. The molecule has 2 N–H and O–H groups in total. The van der Waals surface area contributed by atoms with E-state index in [1.165, 1.54) is 38.5 Å². The average molecular weight is 490 g/mol. The Morgan fingerprint density at radius 1 is 1.00 bits per heavy atom. The van der Waals surface area contributed by atoms with Crippen molar-refractivity contribution >= 4 is 22.6 Å². The second-order valence-electron chi connectivity index (χ2n) is 11.8. The van der Waals surface area contributed by atoms with E-state index >= 15 is 0 Å². The number of hydrogen-bond acceptors (Lipinski definition) is 3. The Kier molecular flexibility index (Phi) is 7.95. The Hall–Kier alpha value is -2.40. The minimum atomic E-state index is -0.421. The second kappa shape index (κ2) is 11.3. The van der Waals surface area contributed by atoms with Crippen LogP contribution in [0.5, 0.6) is 0 Å². The normalized spacial score (nSPS) is 27.5. The maximum atomic E-state index is 13.3. The summed E-state index contributed by atoms with van der Waals surface area (Å²) in [5.74, 6) is 1.60. The number of hydrogen-bond donors (Lipinski definition) is 2. The molecule has 2 aliphatic carbocycles. The van der Waals surface area contributed by atoms with Gasteiger partial charge in [-0.05, 0) is 54.4 Å². The topological polar surface area (TPSA) is 61.4 Å². The molecule has 1 saturated heterocycles. The summed E-state index contributed by atoms with van der Waals surface area (Å²) in [6.07, 6.45) is 15.3. The molecule has 0 spiro atoms. The van der Waals surface area contributed by atoms with Crippen LogP contribution in [0.2, 0.25) is 0 Å². The van der Waals surface area contributed by atoms with Gasteiger partial charge in [-0.25, -0.2) is 0 Å². The fraction of sp³-hybridized carbons (Fsp3) is 0.613. The molecular weight excluding hydrogens is 446 g/mol. The molecule has 3 aliphatic rings. The van der Waals surface area contributed by atoms with Gasteiger partial charge in [0.2, 0.25) is 5.91 Å². The molecule has 0 radical (unpaired) electrons. The maximum Gasteiger partial charge on any atom is 0.252 e. The highest BCUT2D eigenvalue weighted by Crippen LogP contribution is 2.37. The fourth-order valence-corrected chi connectivity index (χ4v) is 7.19. The molecule has 3 fully saturated rings. The van der Waals surface area contributed by atoms with Crippen LogP contribution in [0.15, 0.2) is 42.5 Å². The number of nitrogens with one attached hydrogen (secondary N) is 2. The van der Waals surface area contributed by atoms with Crippen molar-refractivity contribution < 1.29 is 9.59 Å². The quantitative estimate of drug-likeness (QED) is 0.476. The Labute approximate surface area is 216 Å². The summed E-state index contributed by atoms with van der Waals surface area (Å²) in [5, 5.41) is 9.09. The van der Waals surface area contributed by atoms with Crippen LogP contribution in [0.25, 0.3) is 10.8 Å². The number of carbonyl (C=O) groups excluding carboxylic acids is 2. The average Bonchev–Trinajstić information content (AvgIpc) is 3.17. The minimum Gasteiger partial charge on any atom is -0.349 e. The summed E-state index contributed by atoms with van der Waals surface area (Å²) in [6, 6.07) is 14.2. The van der Waals surface area contributed by atoms with E-state index in [0.29, 0.717) is 12.6 Å². The summed E-state index contributed by atoms with van der Waals surface area (Å²) in [5.41, 5.74) is 0.332. The second-order valence-corrected chi connectivity index (χ2v) is 11.8. The molecule has 36 heavy (non-hydrogen) atoms. The van der Waals surface area contributed by atoms with Gasteiger partial charge in [-0.2, -0.15) is 0 Å². The van der Waals surface area contributed by atoms with Crippen LogP contribution in [0.1, 0.15) is 93.8 Å². The Morgan fingerprint density at radius 3 is 2.58 bits per heavy atom. The minimum absolute atomic E-state index is 0.0226. The summed E-state index contributed by atoms with van der Waals surface area (Å²) >= 11 is 0. The number of amides is 2. The van der Waals surface area contributed by atoms with Crippen molar-refractivity contribution in [1.82, 2.24) is 15.5 Å². The molecule has 0 bridgehead atoms. The van der Waals surface area contributed by atoms with Gasteiger partial charge in [0.15, 0.2) is 0 Å². The first-order valence-electron chi connectivity index (χ1n) is 14.3. The van der Waals surface area contributed by atoms with Crippen molar-refractivity contribution in [2.75, 3.05) is 13.7 Å². The third-order valence-corrected chi connectivity index (χ3v) is 9.14. The van der Waals surface area contributed by atoms with Crippen LogP contribution in [-0.4, -0.2) is 42.0 Å². The molecule has 2 aromatic rings. The van der Waals surface area contributed by atoms with E-state index in [1.807, 2.05) is 42.3 Å². The van der Waals surface area contributed by atoms with E-state index in [2.05, 4.69) is 22.8 Å². The van der Waals surface area contributed by atoms with E-state index in [4.69, 9.17) is 0 Å². The van der Waals surface area contributed by atoms with Gasteiger partial charge in [0.1, 0.15) is 0 Å². The van der Waals surface area contributed by atoms with Crippen molar-refractivity contribution in [2.45, 2.75) is 95.1 Å². The molecule has 0 unspecified atom stereocenters. The molecule has 0 aromatic heterocycles. The van der Waals surface area contributed by atoms with E-state index < -0.39 is 5.54 Å². The summed E-state index contributed by atoms with van der Waals surface area (Å²) in [7, 11) is 1.92. The molecule has 1 aliphatic heterocycles. The van der Waals surface area contributed by atoms with Crippen molar-refractivity contribution in [3.63, 3.8) is 0 Å². The van der Waals surface area contributed by atoms with Crippen molar-refractivity contribution in [2.24, 2.45) is 11.8 Å². The lowest BCUT2D eigenvalue weighted by molar-refractivity contribution is -0.132. The SMILES string of the molecule is CN1CN[C@](CCCC2CCCCC2)(C[C@H]2CCC[C@@H](NC(=O)c3cccc4ccccc34)C2)C1=O. The zero-order chi connectivity index (χ0) is 25.0. The molecule has 5 nitrogen and oxygen atoms in total. The number of benzene rings is 2. The molecule has 2 saturated carbocycles. The summed E-state index contributed by atoms with van der Waals surface area (Å²) < 4.78 is 0. The third-order valence-electron chi connectivity index (χ3n) is 9.14. The van der Waals surface area contributed by atoms with Gasteiger partial charge in [-0.15, -0.1) is 0 Å². The third kappa shape index (κ3) is 5.61. The first-order chi connectivity index (χ1) is 17.5. The Balaban J connectivity index is 1.21. The maximum absolute atomic E-state index is 13.3. The molecule has 5 rings (SSSR count). The summed E-state index contributed by atoms with van der Waals surface area (Å²) in [4.78, 5) is 28.5. The molecule has 194 valence electrons. The monoisotopic (exact) mass is 489 g/mol. The van der Waals surface area contributed by atoms with E-state index in [9.17, 15) is 9.59 Å². The first-order valence-corrected chi connectivity index (χ1v) is 14.3. The van der Waals surface area contributed by atoms with Crippen molar-refractivity contribution in [3.05, 3.63) is 48.0 Å². The van der Waals surface area contributed by atoms with Gasteiger partial charge in [-0.3, -0.25) is 14.9 Å². The standard InChI is InChI=1S/C31H43N3O2/c1-34-22-32-31(30(34)36,19-9-13-23-10-3-2-4-11-23)21-24-12-7-16-26(20-24)33-29(35)28-18-8-15-25-14-5-6-17-27(25)28/h5-6,8,14-15,17-18,23-24,26,32H,2-4,7,9-13,16,19-22H2,1H3,(H,33,35)/t24-,26+,31+/m0/s1. The van der Waals surface area contributed by atoms with Crippen LogP contribution in [0, 0.1) is 11.8 Å². The predicted molar refractivity (Wildman–Crippen MR) is 146 cm³/mol. The van der Waals surface area contributed by atoms with Gasteiger partial charge in [0.05, 0.1) is 12.2 Å². The van der Waals surface area contributed by atoms with Gasteiger partial charge < -0.3 is 10.2 Å². The highest BCUT2D eigenvalue weighted by molar-refractivity contribution is 6.07. The van der Waals surface area contributed by atoms with Crippen LogP contribution in [0.3, 0.4) is 0 Å². The molecular formula is C31H43N3O2. The van der Waals surface area contributed by atoms with Gasteiger partial charge in [0.25, 0.3) is 5.91 Å². The molecule has 3 atom stereocenters. The zero-order valence-electron chi connectivity index (χ0n) is 21.9. The highest BCUT2D eigenvalue weighted by Gasteiger charge is 2.46. The molecule has 2 aromatic carbocycles. The number of fused-ring (bicyclic) bond motifs is 1.